The molecule has 0 radical (unpaired) electrons. The molecular formula is C15H17N3O2. The Bertz CT molecular complexity index is 711. The number of fused-ring (bicyclic) bond motifs is 1. The van der Waals surface area contributed by atoms with Crippen LogP contribution in [-0.4, -0.2) is 20.6 Å². The fourth-order valence-electron chi connectivity index (χ4n) is 2.70. The molecule has 1 heterocycles. The van der Waals surface area contributed by atoms with E-state index in [0.717, 1.165) is 47.8 Å². The van der Waals surface area contributed by atoms with Crippen LogP contribution >= 0.6 is 0 Å². The minimum absolute atomic E-state index is 0.301. The Hall–Kier alpha value is -2.14. The predicted octanol–water partition coefficient (Wildman–Crippen LogP) is 2.01. The minimum atomic E-state index is -0.953. The monoisotopic (exact) mass is 271 g/mol. The number of aryl methyl sites for hydroxylation is 1. The van der Waals surface area contributed by atoms with Gasteiger partial charge in [0.25, 0.3) is 0 Å². The summed E-state index contributed by atoms with van der Waals surface area (Å²) >= 11 is 0. The van der Waals surface area contributed by atoms with Gasteiger partial charge in [-0.1, -0.05) is 6.07 Å². The molecule has 0 bridgehead atoms. The third kappa shape index (κ3) is 2.00. The fraction of sp³-hybridized carbons (Fsp3) is 0.333. The average molecular weight is 271 g/mol. The van der Waals surface area contributed by atoms with E-state index in [0.29, 0.717) is 0 Å². The summed E-state index contributed by atoms with van der Waals surface area (Å²) < 4.78 is 2.02. The Morgan fingerprint density at radius 1 is 1.50 bits per heavy atom. The van der Waals surface area contributed by atoms with Crippen LogP contribution in [0.15, 0.2) is 24.3 Å². The molecule has 0 amide bonds. The number of carboxylic acids is 1. The Morgan fingerprint density at radius 3 is 2.85 bits per heavy atom. The van der Waals surface area contributed by atoms with Crippen molar-refractivity contribution >= 4 is 23.1 Å². The van der Waals surface area contributed by atoms with Crippen LogP contribution in [0.4, 0.5) is 0 Å². The number of benzene rings is 1. The summed E-state index contributed by atoms with van der Waals surface area (Å²) in [6, 6.07) is 5.71. The zero-order chi connectivity index (χ0) is 14.3. The van der Waals surface area contributed by atoms with Crippen molar-refractivity contribution in [3.8, 4) is 0 Å². The van der Waals surface area contributed by atoms with E-state index in [1.54, 1.807) is 6.08 Å². The molecular weight excluding hydrogens is 254 g/mol. The van der Waals surface area contributed by atoms with Gasteiger partial charge in [0.2, 0.25) is 0 Å². The van der Waals surface area contributed by atoms with Gasteiger partial charge in [0.15, 0.2) is 0 Å². The number of nitrogens with two attached hydrogens (primary N) is 1. The minimum Gasteiger partial charge on any atom is -0.478 e. The number of aliphatic carboxylic acids is 1. The van der Waals surface area contributed by atoms with Gasteiger partial charge in [0.05, 0.1) is 16.6 Å². The van der Waals surface area contributed by atoms with Gasteiger partial charge in [-0.05, 0) is 43.0 Å². The van der Waals surface area contributed by atoms with Crippen molar-refractivity contribution in [3.63, 3.8) is 0 Å². The predicted molar refractivity (Wildman–Crippen MR) is 77.1 cm³/mol. The first-order valence-electron chi connectivity index (χ1n) is 6.66. The van der Waals surface area contributed by atoms with Crippen molar-refractivity contribution in [2.75, 3.05) is 0 Å². The molecule has 2 aromatic rings. The number of imidazole rings is 1. The van der Waals surface area contributed by atoms with E-state index in [9.17, 15) is 4.79 Å². The second-order valence-electron chi connectivity index (χ2n) is 5.42. The van der Waals surface area contributed by atoms with Crippen LogP contribution in [0.3, 0.4) is 0 Å². The number of carboxylic acid groups (broad SMARTS) is 1. The van der Waals surface area contributed by atoms with E-state index in [1.807, 2.05) is 29.8 Å². The van der Waals surface area contributed by atoms with Crippen LogP contribution in [0.1, 0.15) is 30.7 Å². The molecule has 0 saturated heterocycles. The van der Waals surface area contributed by atoms with Crippen LogP contribution in [0.25, 0.3) is 17.1 Å². The van der Waals surface area contributed by atoms with Gasteiger partial charge in [0.1, 0.15) is 5.82 Å². The topological polar surface area (TPSA) is 81.1 Å². The summed E-state index contributed by atoms with van der Waals surface area (Å²) in [4.78, 5) is 15.2. The molecule has 0 unspecified atom stereocenters. The molecule has 0 aliphatic heterocycles. The maximum absolute atomic E-state index is 10.6. The van der Waals surface area contributed by atoms with E-state index >= 15 is 0 Å². The van der Waals surface area contributed by atoms with Gasteiger partial charge in [-0.15, -0.1) is 0 Å². The third-order valence-corrected chi connectivity index (χ3v) is 4.01. The second-order valence-corrected chi connectivity index (χ2v) is 5.42. The van der Waals surface area contributed by atoms with Crippen LogP contribution in [0.2, 0.25) is 0 Å². The lowest BCUT2D eigenvalue weighted by Crippen LogP contribution is -2.45. The van der Waals surface area contributed by atoms with Crippen molar-refractivity contribution in [1.82, 2.24) is 9.55 Å². The van der Waals surface area contributed by atoms with E-state index in [-0.39, 0.29) is 5.54 Å². The highest BCUT2D eigenvalue weighted by atomic mass is 16.4. The molecule has 104 valence electrons. The smallest absolute Gasteiger partial charge is 0.328 e. The van der Waals surface area contributed by atoms with Gasteiger partial charge in [-0.3, -0.25) is 0 Å². The van der Waals surface area contributed by atoms with Crippen molar-refractivity contribution in [3.05, 3.63) is 35.7 Å². The molecule has 1 aliphatic rings. The van der Waals surface area contributed by atoms with Crippen molar-refractivity contribution in [2.45, 2.75) is 24.8 Å². The lowest BCUT2D eigenvalue weighted by atomic mass is 9.77. The molecule has 5 nitrogen and oxygen atoms in total. The van der Waals surface area contributed by atoms with Gasteiger partial charge < -0.3 is 15.4 Å². The Labute approximate surface area is 116 Å². The van der Waals surface area contributed by atoms with Crippen LogP contribution in [-0.2, 0) is 17.4 Å². The van der Waals surface area contributed by atoms with Crippen molar-refractivity contribution in [2.24, 2.45) is 12.8 Å². The maximum Gasteiger partial charge on any atom is 0.328 e. The summed E-state index contributed by atoms with van der Waals surface area (Å²) in [6.07, 6.45) is 5.79. The number of carbonyl (C=O) groups is 1. The molecule has 1 saturated carbocycles. The first-order valence-corrected chi connectivity index (χ1v) is 6.66. The summed E-state index contributed by atoms with van der Waals surface area (Å²) in [5, 5.41) is 8.67. The first-order chi connectivity index (χ1) is 9.49. The normalized spacial score (nSPS) is 17.5. The molecule has 1 aromatic carbocycles. The molecule has 0 atom stereocenters. The maximum atomic E-state index is 10.6. The van der Waals surface area contributed by atoms with Crippen LogP contribution in [0, 0.1) is 0 Å². The number of nitrogens with zero attached hydrogens (tertiary/aromatic N) is 2. The SMILES string of the molecule is Cn1c(C2(N)CCC2)nc2ccc(/C=C/C(=O)O)cc21. The molecule has 3 rings (SSSR count). The highest BCUT2D eigenvalue weighted by molar-refractivity contribution is 5.87. The fourth-order valence-corrected chi connectivity index (χ4v) is 2.70. The summed E-state index contributed by atoms with van der Waals surface area (Å²) in [7, 11) is 1.96. The van der Waals surface area contributed by atoms with Crippen molar-refractivity contribution in [1.29, 1.82) is 0 Å². The molecule has 5 heteroatoms. The van der Waals surface area contributed by atoms with E-state index < -0.39 is 5.97 Å². The van der Waals surface area contributed by atoms with Gasteiger partial charge in [-0.25, -0.2) is 9.78 Å². The van der Waals surface area contributed by atoms with Gasteiger partial charge in [-0.2, -0.15) is 0 Å². The zero-order valence-electron chi connectivity index (χ0n) is 11.3. The standard InChI is InChI=1S/C15H17N3O2/c1-18-12-9-10(4-6-13(19)20)3-5-11(12)17-14(18)15(16)7-2-8-15/h3-6,9H,2,7-8,16H2,1H3,(H,19,20)/b6-4+. The van der Waals surface area contributed by atoms with E-state index in [1.165, 1.54) is 0 Å². The molecule has 3 N–H and O–H groups in total. The largest absolute Gasteiger partial charge is 0.478 e. The Morgan fingerprint density at radius 2 is 2.25 bits per heavy atom. The first kappa shape index (κ1) is 12.9. The number of hydrogen-bond acceptors (Lipinski definition) is 3. The lowest BCUT2D eigenvalue weighted by molar-refractivity contribution is -0.131. The summed E-state index contributed by atoms with van der Waals surface area (Å²) in [5.74, 6) is -0.0377. The van der Waals surface area contributed by atoms with E-state index in [2.05, 4.69) is 4.98 Å². The summed E-state index contributed by atoms with van der Waals surface area (Å²) in [5.41, 5.74) is 8.76. The van der Waals surface area contributed by atoms with Crippen LogP contribution in [0.5, 0.6) is 0 Å². The Kier molecular flexibility index (Phi) is 2.87. The van der Waals surface area contributed by atoms with Crippen LogP contribution < -0.4 is 5.73 Å². The van der Waals surface area contributed by atoms with E-state index in [4.69, 9.17) is 10.8 Å². The third-order valence-electron chi connectivity index (χ3n) is 4.01. The second kappa shape index (κ2) is 4.45. The zero-order valence-corrected chi connectivity index (χ0v) is 11.3. The molecule has 0 spiro atoms. The quantitative estimate of drug-likeness (QED) is 0.837. The van der Waals surface area contributed by atoms with Gasteiger partial charge >= 0.3 is 5.97 Å². The molecule has 1 aliphatic carbocycles. The summed E-state index contributed by atoms with van der Waals surface area (Å²) in [6.45, 7) is 0. The highest BCUT2D eigenvalue weighted by Crippen LogP contribution is 2.39. The number of aromatic nitrogens is 2. The average Bonchev–Trinajstić information content (AvgIpc) is 2.71. The lowest BCUT2D eigenvalue weighted by Gasteiger charge is -2.37. The number of hydrogen-bond donors (Lipinski definition) is 2. The van der Waals surface area contributed by atoms with Crippen molar-refractivity contribution < 1.29 is 9.90 Å². The molecule has 1 fully saturated rings. The van der Waals surface area contributed by atoms with Gasteiger partial charge in [0, 0.05) is 13.1 Å². The molecule has 1 aromatic heterocycles. The molecule has 20 heavy (non-hydrogen) atoms. The number of rotatable bonds is 3. The highest BCUT2D eigenvalue weighted by Gasteiger charge is 2.38. The Balaban J connectivity index is 2.06.